The van der Waals surface area contributed by atoms with E-state index in [-0.39, 0.29) is 59.4 Å². The fourth-order valence-corrected chi connectivity index (χ4v) is 0. The molecule has 0 fully saturated rings. The Balaban J connectivity index is -0.0000000383. The summed E-state index contributed by atoms with van der Waals surface area (Å²) in [7, 11) is -2.17. The predicted octanol–water partition coefficient (Wildman–Crippen LogP) is -5.58. The summed E-state index contributed by atoms with van der Waals surface area (Å²) in [5.74, 6) is 0. The molecule has 0 saturated carbocycles. The first kappa shape index (κ1) is 17.5. The molecular weight excluding hydrogens is 166 g/mol. The Hall–Kier alpha value is 1.50. The SMILES string of the molecule is CC(O)CO.OB(O)O.[H-].[K+]. The minimum atomic E-state index is -2.17. The molecule has 0 rings (SSSR count). The van der Waals surface area contributed by atoms with E-state index in [0.29, 0.717) is 0 Å². The fraction of sp³-hybridized carbons (Fsp3) is 1.00. The van der Waals surface area contributed by atoms with Crippen LogP contribution in [0.4, 0.5) is 0 Å². The summed E-state index contributed by atoms with van der Waals surface area (Å²) in [6.07, 6.45) is -0.560. The Labute approximate surface area is 104 Å². The third kappa shape index (κ3) is 56.0. The van der Waals surface area contributed by atoms with Gasteiger partial charge in [-0.1, -0.05) is 0 Å². The number of hydrogen-bond donors (Lipinski definition) is 5. The van der Waals surface area contributed by atoms with Crippen molar-refractivity contribution in [3.63, 3.8) is 0 Å². The normalized spacial score (nSPS) is 10.2. The summed E-state index contributed by atoms with van der Waals surface area (Å²) in [6.45, 7) is 1.39. The summed E-state index contributed by atoms with van der Waals surface area (Å²) < 4.78 is 0. The molecule has 0 spiro atoms. The van der Waals surface area contributed by atoms with E-state index >= 15 is 0 Å². The Morgan fingerprint density at radius 2 is 1.50 bits per heavy atom. The molecule has 5 nitrogen and oxygen atoms in total. The summed E-state index contributed by atoms with van der Waals surface area (Å²) in [4.78, 5) is 0. The van der Waals surface area contributed by atoms with Crippen LogP contribution in [0.25, 0.3) is 0 Å². The molecule has 0 saturated heterocycles. The van der Waals surface area contributed by atoms with E-state index in [1.807, 2.05) is 0 Å². The van der Waals surface area contributed by atoms with Crippen molar-refractivity contribution in [3.05, 3.63) is 0 Å². The summed E-state index contributed by atoms with van der Waals surface area (Å²) in [6, 6.07) is 0. The van der Waals surface area contributed by atoms with E-state index < -0.39 is 13.4 Å². The van der Waals surface area contributed by atoms with Crippen LogP contribution < -0.4 is 51.4 Å². The first-order chi connectivity index (χ1) is 4.00. The molecule has 0 aliphatic carbocycles. The Morgan fingerprint density at radius 3 is 1.50 bits per heavy atom. The van der Waals surface area contributed by atoms with Gasteiger partial charge in [-0.2, -0.15) is 0 Å². The average molecular weight is 178 g/mol. The standard InChI is InChI=1S/C3H8O2.BH3O3.K.H/c1-3(5)2-4;2-1(3)4;;/h3-5H,2H2,1H3;2-4H;;/q;;+1;-1. The predicted molar refractivity (Wildman–Crippen MR) is 32.3 cm³/mol. The molecule has 1 unspecified atom stereocenters. The van der Waals surface area contributed by atoms with Gasteiger partial charge in [0.1, 0.15) is 0 Å². The van der Waals surface area contributed by atoms with Crippen molar-refractivity contribution in [1.82, 2.24) is 0 Å². The average Bonchev–Trinajstić information content (AvgIpc) is 1.65. The summed E-state index contributed by atoms with van der Waals surface area (Å²) in [5, 5.41) is 37.5. The van der Waals surface area contributed by atoms with Crippen molar-refractivity contribution >= 4 is 7.32 Å². The van der Waals surface area contributed by atoms with Crippen molar-refractivity contribution < 1.29 is 78.1 Å². The molecular formula is C3H12BKO5. The van der Waals surface area contributed by atoms with Gasteiger partial charge in [-0.05, 0) is 6.92 Å². The first-order valence-electron chi connectivity index (χ1n) is 2.33. The summed E-state index contributed by atoms with van der Waals surface area (Å²) in [5.41, 5.74) is 0. The number of aliphatic hydroxyl groups excluding tert-OH is 2. The van der Waals surface area contributed by atoms with E-state index in [1.165, 1.54) is 6.92 Å². The molecule has 1 atom stereocenters. The second kappa shape index (κ2) is 13.1. The van der Waals surface area contributed by atoms with Crippen LogP contribution in [0, 0.1) is 0 Å². The molecule has 0 aliphatic heterocycles. The second-order valence-electron chi connectivity index (χ2n) is 1.38. The summed E-state index contributed by atoms with van der Waals surface area (Å²) >= 11 is 0. The van der Waals surface area contributed by atoms with Gasteiger partial charge in [0.2, 0.25) is 0 Å². The molecule has 0 amide bonds. The molecule has 0 aromatic heterocycles. The van der Waals surface area contributed by atoms with Crippen LogP contribution in [0.15, 0.2) is 0 Å². The van der Waals surface area contributed by atoms with Crippen LogP contribution >= 0.6 is 0 Å². The minimum Gasteiger partial charge on any atom is -1.00 e. The largest absolute Gasteiger partial charge is 1.00 e. The van der Waals surface area contributed by atoms with Gasteiger partial charge in [0.05, 0.1) is 12.7 Å². The molecule has 0 aromatic rings. The van der Waals surface area contributed by atoms with Crippen molar-refractivity contribution in [3.8, 4) is 0 Å². The van der Waals surface area contributed by atoms with Gasteiger partial charge < -0.3 is 26.7 Å². The Morgan fingerprint density at radius 1 is 1.40 bits per heavy atom. The zero-order chi connectivity index (χ0) is 7.86. The number of rotatable bonds is 1. The quantitative estimate of drug-likeness (QED) is 0.258. The van der Waals surface area contributed by atoms with E-state index in [9.17, 15) is 0 Å². The van der Waals surface area contributed by atoms with Crippen molar-refractivity contribution in [2.75, 3.05) is 6.61 Å². The fourth-order valence-electron chi connectivity index (χ4n) is 0. The van der Waals surface area contributed by atoms with Crippen LogP contribution in [0.3, 0.4) is 0 Å². The monoisotopic (exact) mass is 178 g/mol. The van der Waals surface area contributed by atoms with E-state index in [0.717, 1.165) is 0 Å². The van der Waals surface area contributed by atoms with E-state index in [1.54, 1.807) is 0 Å². The molecule has 0 aromatic carbocycles. The van der Waals surface area contributed by atoms with Crippen LogP contribution in [-0.4, -0.2) is 45.3 Å². The van der Waals surface area contributed by atoms with E-state index in [2.05, 4.69) is 0 Å². The topological polar surface area (TPSA) is 101 Å². The zero-order valence-corrected chi connectivity index (χ0v) is 9.22. The zero-order valence-electron chi connectivity index (χ0n) is 7.10. The maximum absolute atomic E-state index is 8.11. The van der Waals surface area contributed by atoms with Gasteiger partial charge in [-0.3, -0.25) is 0 Å². The van der Waals surface area contributed by atoms with Gasteiger partial charge in [-0.25, -0.2) is 0 Å². The molecule has 0 aliphatic rings. The maximum Gasteiger partial charge on any atom is 1.00 e. The van der Waals surface area contributed by atoms with Crippen molar-refractivity contribution in [2.24, 2.45) is 0 Å². The Bertz CT molecular complexity index is 54.2. The Kier molecular flexibility index (Phi) is 23.0. The van der Waals surface area contributed by atoms with Crippen LogP contribution in [0.5, 0.6) is 0 Å². The van der Waals surface area contributed by atoms with Gasteiger partial charge in [0, 0.05) is 0 Å². The molecule has 58 valence electrons. The maximum atomic E-state index is 8.11. The first-order valence-corrected chi connectivity index (χ1v) is 2.33. The number of hydrogen-bond acceptors (Lipinski definition) is 5. The van der Waals surface area contributed by atoms with Crippen molar-refractivity contribution in [1.29, 1.82) is 0 Å². The van der Waals surface area contributed by atoms with Crippen LogP contribution in [-0.2, 0) is 0 Å². The van der Waals surface area contributed by atoms with Gasteiger partial charge in [0.25, 0.3) is 0 Å². The minimum absolute atomic E-state index is 0. The van der Waals surface area contributed by atoms with Gasteiger partial charge in [0.15, 0.2) is 0 Å². The molecule has 0 radical (unpaired) electrons. The van der Waals surface area contributed by atoms with E-state index in [4.69, 9.17) is 25.3 Å². The van der Waals surface area contributed by atoms with Gasteiger partial charge >= 0.3 is 58.7 Å². The molecule has 0 heterocycles. The van der Waals surface area contributed by atoms with Gasteiger partial charge in [-0.15, -0.1) is 0 Å². The van der Waals surface area contributed by atoms with Crippen LogP contribution in [0.1, 0.15) is 8.35 Å². The van der Waals surface area contributed by atoms with Crippen molar-refractivity contribution in [2.45, 2.75) is 13.0 Å². The molecule has 5 N–H and O–H groups in total. The number of aliphatic hydroxyl groups is 2. The second-order valence-corrected chi connectivity index (χ2v) is 1.38. The molecule has 10 heavy (non-hydrogen) atoms. The molecule has 0 bridgehead atoms. The smallest absolute Gasteiger partial charge is 1.00 e. The van der Waals surface area contributed by atoms with Crippen LogP contribution in [0.2, 0.25) is 0 Å². The third-order valence-corrected chi connectivity index (χ3v) is 0.264. The molecule has 7 heteroatoms. The third-order valence-electron chi connectivity index (χ3n) is 0.264.